The van der Waals surface area contributed by atoms with Gasteiger partial charge in [-0.05, 0) is 12.8 Å². The standard InChI is InChI=1S/C8H10BrNO2/c1-6(9)4-7(10-2)5-8(11)12-3/h4H,1-2,5H2,3H3/b7-4-. The number of hydrogen-bond acceptors (Lipinski definition) is 3. The van der Waals surface area contributed by atoms with Crippen LogP contribution >= 0.6 is 15.9 Å². The van der Waals surface area contributed by atoms with E-state index in [1.165, 1.54) is 7.11 Å². The van der Waals surface area contributed by atoms with E-state index < -0.39 is 0 Å². The molecule has 0 unspecified atom stereocenters. The van der Waals surface area contributed by atoms with Crippen LogP contribution in [0.25, 0.3) is 0 Å². The second-order valence-corrected chi connectivity index (χ2v) is 3.01. The lowest BCUT2D eigenvalue weighted by molar-refractivity contribution is -0.139. The van der Waals surface area contributed by atoms with Crippen LogP contribution in [0, 0.1) is 0 Å². The molecule has 0 aromatic rings. The minimum Gasteiger partial charge on any atom is -0.469 e. The number of halogens is 1. The number of allylic oxidation sites excluding steroid dienone is 2. The van der Waals surface area contributed by atoms with E-state index in [9.17, 15) is 4.79 Å². The van der Waals surface area contributed by atoms with Gasteiger partial charge >= 0.3 is 5.97 Å². The van der Waals surface area contributed by atoms with Gasteiger partial charge in [0.25, 0.3) is 0 Å². The molecule has 0 spiro atoms. The maximum Gasteiger partial charge on any atom is 0.311 e. The summed E-state index contributed by atoms with van der Waals surface area (Å²) >= 11 is 3.12. The maximum absolute atomic E-state index is 10.8. The van der Waals surface area contributed by atoms with E-state index in [0.29, 0.717) is 10.2 Å². The van der Waals surface area contributed by atoms with Crippen molar-refractivity contribution in [3.63, 3.8) is 0 Å². The van der Waals surface area contributed by atoms with Crippen LogP contribution in [0.3, 0.4) is 0 Å². The van der Waals surface area contributed by atoms with Gasteiger partial charge in [0.2, 0.25) is 0 Å². The number of carbonyl (C=O) groups is 1. The first-order chi connectivity index (χ1) is 5.60. The number of carbonyl (C=O) groups excluding carboxylic acids is 1. The van der Waals surface area contributed by atoms with E-state index in [0.717, 1.165) is 0 Å². The summed E-state index contributed by atoms with van der Waals surface area (Å²) in [5.41, 5.74) is 0.531. The molecule has 0 atom stereocenters. The van der Waals surface area contributed by atoms with Gasteiger partial charge in [-0.2, -0.15) is 0 Å². The predicted octanol–water partition coefficient (Wildman–Crippen LogP) is 2.04. The number of hydrogen-bond donors (Lipinski definition) is 0. The molecule has 0 aliphatic rings. The fraction of sp³-hybridized carbons (Fsp3) is 0.250. The Morgan fingerprint density at radius 2 is 2.33 bits per heavy atom. The summed E-state index contributed by atoms with van der Waals surface area (Å²) in [6, 6.07) is 0. The Labute approximate surface area is 80.0 Å². The summed E-state index contributed by atoms with van der Waals surface area (Å²) in [7, 11) is 1.33. The molecule has 66 valence electrons. The lowest BCUT2D eigenvalue weighted by atomic mass is 10.3. The molecule has 0 bridgehead atoms. The molecule has 0 rings (SSSR count). The summed E-state index contributed by atoms with van der Waals surface area (Å²) in [5.74, 6) is -0.345. The SMILES string of the molecule is C=N/C(=C\C(=C)Br)CC(=O)OC. The van der Waals surface area contributed by atoms with Gasteiger partial charge in [-0.1, -0.05) is 22.5 Å². The van der Waals surface area contributed by atoms with Gasteiger partial charge in [0, 0.05) is 4.48 Å². The first kappa shape index (κ1) is 11.1. The topological polar surface area (TPSA) is 38.7 Å². The number of nitrogens with zero attached hydrogens (tertiary/aromatic N) is 1. The molecule has 0 saturated carbocycles. The monoisotopic (exact) mass is 231 g/mol. The summed E-state index contributed by atoms with van der Waals surface area (Å²) in [6.45, 7) is 6.89. The van der Waals surface area contributed by atoms with E-state index >= 15 is 0 Å². The number of methoxy groups -OCH3 is 1. The van der Waals surface area contributed by atoms with Gasteiger partial charge in [0.15, 0.2) is 0 Å². The largest absolute Gasteiger partial charge is 0.469 e. The van der Waals surface area contributed by atoms with Crippen LogP contribution < -0.4 is 0 Å². The Morgan fingerprint density at radius 1 is 1.75 bits per heavy atom. The van der Waals surface area contributed by atoms with E-state index in [2.05, 4.69) is 39.0 Å². The lowest BCUT2D eigenvalue weighted by Gasteiger charge is -1.98. The minimum atomic E-state index is -0.345. The number of esters is 1. The van der Waals surface area contributed by atoms with Gasteiger partial charge in [0.1, 0.15) is 0 Å². The second-order valence-electron chi connectivity index (χ2n) is 1.99. The van der Waals surface area contributed by atoms with Crippen molar-refractivity contribution in [2.75, 3.05) is 7.11 Å². The van der Waals surface area contributed by atoms with Crippen LogP contribution in [0.2, 0.25) is 0 Å². The van der Waals surface area contributed by atoms with E-state index in [1.54, 1.807) is 6.08 Å². The van der Waals surface area contributed by atoms with Crippen LogP contribution in [-0.4, -0.2) is 19.8 Å². The molecular weight excluding hydrogens is 222 g/mol. The summed E-state index contributed by atoms with van der Waals surface area (Å²) in [5, 5.41) is 0. The molecule has 0 radical (unpaired) electrons. The van der Waals surface area contributed by atoms with Crippen LogP contribution in [0.1, 0.15) is 6.42 Å². The zero-order valence-electron chi connectivity index (χ0n) is 6.84. The predicted molar refractivity (Wildman–Crippen MR) is 52.3 cm³/mol. The molecule has 0 aromatic carbocycles. The van der Waals surface area contributed by atoms with Crippen LogP contribution in [0.4, 0.5) is 0 Å². The highest BCUT2D eigenvalue weighted by Gasteiger charge is 2.03. The summed E-state index contributed by atoms with van der Waals surface area (Å²) in [6.07, 6.45) is 1.73. The molecule has 0 saturated heterocycles. The van der Waals surface area contributed by atoms with E-state index in [4.69, 9.17) is 0 Å². The van der Waals surface area contributed by atoms with Crippen molar-refractivity contribution in [3.05, 3.63) is 22.8 Å². The average molecular weight is 232 g/mol. The molecular formula is C8H10BrNO2. The Hall–Kier alpha value is -0.900. The molecule has 4 heteroatoms. The Bertz CT molecular complexity index is 233. The van der Waals surface area contributed by atoms with Crippen molar-refractivity contribution in [3.8, 4) is 0 Å². The van der Waals surface area contributed by atoms with Crippen molar-refractivity contribution in [2.45, 2.75) is 6.42 Å². The van der Waals surface area contributed by atoms with Gasteiger partial charge < -0.3 is 4.74 Å². The van der Waals surface area contributed by atoms with Crippen molar-refractivity contribution >= 4 is 28.6 Å². The Morgan fingerprint density at radius 3 is 2.67 bits per heavy atom. The number of aliphatic imine (C=N–C) groups is 1. The fourth-order valence-electron chi connectivity index (χ4n) is 0.553. The molecule has 0 aromatic heterocycles. The number of rotatable bonds is 4. The first-order valence-electron chi connectivity index (χ1n) is 3.18. The third kappa shape index (κ3) is 4.85. The van der Waals surface area contributed by atoms with Gasteiger partial charge in [0.05, 0.1) is 19.2 Å². The van der Waals surface area contributed by atoms with E-state index in [1.807, 2.05) is 0 Å². The molecule has 3 nitrogen and oxygen atoms in total. The highest BCUT2D eigenvalue weighted by molar-refractivity contribution is 9.11. The van der Waals surface area contributed by atoms with E-state index in [-0.39, 0.29) is 12.4 Å². The highest BCUT2D eigenvalue weighted by atomic mass is 79.9. The fourth-order valence-corrected chi connectivity index (χ4v) is 0.818. The summed E-state index contributed by atoms with van der Waals surface area (Å²) < 4.78 is 5.10. The van der Waals surface area contributed by atoms with Gasteiger partial charge in [-0.15, -0.1) is 0 Å². The Kier molecular flexibility index (Phi) is 5.28. The van der Waals surface area contributed by atoms with Gasteiger partial charge in [-0.25, -0.2) is 0 Å². The van der Waals surface area contributed by atoms with Crippen molar-refractivity contribution in [2.24, 2.45) is 4.99 Å². The quantitative estimate of drug-likeness (QED) is 0.422. The van der Waals surface area contributed by atoms with Crippen LogP contribution in [-0.2, 0) is 9.53 Å². The van der Waals surface area contributed by atoms with Crippen molar-refractivity contribution in [1.82, 2.24) is 0 Å². The maximum atomic E-state index is 10.8. The molecule has 0 aliphatic heterocycles. The molecule has 0 heterocycles. The van der Waals surface area contributed by atoms with Crippen LogP contribution in [0.15, 0.2) is 27.8 Å². The zero-order valence-corrected chi connectivity index (χ0v) is 8.43. The lowest BCUT2D eigenvalue weighted by Crippen LogP contribution is -2.00. The third-order valence-electron chi connectivity index (χ3n) is 1.08. The molecule has 12 heavy (non-hydrogen) atoms. The van der Waals surface area contributed by atoms with Crippen molar-refractivity contribution < 1.29 is 9.53 Å². The molecule has 0 aliphatic carbocycles. The molecule has 0 amide bonds. The van der Waals surface area contributed by atoms with Crippen LogP contribution in [0.5, 0.6) is 0 Å². The Balaban J connectivity index is 4.27. The first-order valence-corrected chi connectivity index (χ1v) is 3.98. The third-order valence-corrected chi connectivity index (χ3v) is 1.31. The average Bonchev–Trinajstić information content (AvgIpc) is 2.02. The van der Waals surface area contributed by atoms with Crippen molar-refractivity contribution in [1.29, 1.82) is 0 Å². The second kappa shape index (κ2) is 5.71. The van der Waals surface area contributed by atoms with Gasteiger partial charge in [-0.3, -0.25) is 9.79 Å². The minimum absolute atomic E-state index is 0.116. The molecule has 0 fully saturated rings. The molecule has 0 N–H and O–H groups in total. The zero-order chi connectivity index (χ0) is 9.56. The smallest absolute Gasteiger partial charge is 0.311 e. The highest BCUT2D eigenvalue weighted by Crippen LogP contribution is 2.11. The normalized spacial score (nSPS) is 10.7. The summed E-state index contributed by atoms with van der Waals surface area (Å²) in [4.78, 5) is 14.4. The number of ether oxygens (including phenoxy) is 1.